The van der Waals surface area contributed by atoms with Crippen molar-refractivity contribution in [2.45, 2.75) is 31.7 Å². The number of hydrogen-bond donors (Lipinski definition) is 0. The Hall–Kier alpha value is -2.34. The zero-order valence-electron chi connectivity index (χ0n) is 14.6. The first-order valence-electron chi connectivity index (χ1n) is 8.94. The predicted octanol–water partition coefficient (Wildman–Crippen LogP) is 1.88. The van der Waals surface area contributed by atoms with Gasteiger partial charge in [0.1, 0.15) is 11.5 Å². The van der Waals surface area contributed by atoms with E-state index in [-0.39, 0.29) is 11.8 Å². The molecule has 1 amide bonds. The molecule has 25 heavy (non-hydrogen) atoms. The highest BCUT2D eigenvalue weighted by molar-refractivity contribution is 5.92. The van der Waals surface area contributed by atoms with Crippen molar-refractivity contribution in [2.75, 3.05) is 26.7 Å². The fourth-order valence-electron chi connectivity index (χ4n) is 3.69. The number of carbonyl (C=O) groups is 1. The third-order valence-corrected chi connectivity index (χ3v) is 5.10. The lowest BCUT2D eigenvalue weighted by atomic mass is 9.96. The first-order chi connectivity index (χ1) is 12.2. The molecule has 2 aliphatic heterocycles. The number of pyridine rings is 1. The van der Waals surface area contributed by atoms with Crippen LogP contribution in [0.3, 0.4) is 0 Å². The van der Waals surface area contributed by atoms with Gasteiger partial charge in [-0.2, -0.15) is 0 Å². The van der Waals surface area contributed by atoms with Crippen LogP contribution in [0.5, 0.6) is 0 Å². The highest BCUT2D eigenvalue weighted by Gasteiger charge is 2.28. The Morgan fingerprint density at radius 3 is 3.00 bits per heavy atom. The molecule has 0 bridgehead atoms. The van der Waals surface area contributed by atoms with E-state index in [4.69, 9.17) is 4.98 Å². The number of hydrogen-bond acceptors (Lipinski definition) is 5. The van der Waals surface area contributed by atoms with Crippen LogP contribution in [-0.4, -0.2) is 57.3 Å². The molecule has 1 fully saturated rings. The molecule has 1 atom stereocenters. The predicted molar refractivity (Wildman–Crippen MR) is 94.2 cm³/mol. The second-order valence-corrected chi connectivity index (χ2v) is 6.99. The largest absolute Gasteiger partial charge is 0.337 e. The van der Waals surface area contributed by atoms with E-state index in [0.29, 0.717) is 12.2 Å². The van der Waals surface area contributed by atoms with Crippen LogP contribution in [0.1, 0.15) is 46.3 Å². The maximum atomic E-state index is 12.7. The molecule has 0 unspecified atom stereocenters. The Balaban J connectivity index is 1.51. The molecule has 0 saturated carbocycles. The zero-order valence-corrected chi connectivity index (χ0v) is 14.6. The van der Waals surface area contributed by atoms with Crippen molar-refractivity contribution in [3.05, 3.63) is 53.4 Å². The highest BCUT2D eigenvalue weighted by atomic mass is 16.2. The summed E-state index contributed by atoms with van der Waals surface area (Å²) in [4.78, 5) is 30.5. The SMILES string of the molecule is CN1CCc2nc([C@H]3CCCN(C(=O)c4ccccn4)C3)ncc2C1. The summed E-state index contributed by atoms with van der Waals surface area (Å²) in [6.45, 7) is 3.42. The third-order valence-electron chi connectivity index (χ3n) is 5.10. The molecule has 130 valence electrons. The molecule has 0 spiro atoms. The van der Waals surface area contributed by atoms with Gasteiger partial charge in [-0.15, -0.1) is 0 Å². The van der Waals surface area contributed by atoms with Crippen LogP contribution in [0.2, 0.25) is 0 Å². The number of rotatable bonds is 2. The maximum Gasteiger partial charge on any atom is 0.272 e. The number of likely N-dealkylation sites (N-methyl/N-ethyl adjacent to an activating group) is 1. The molecule has 4 rings (SSSR count). The summed E-state index contributed by atoms with van der Waals surface area (Å²) in [6.07, 6.45) is 6.63. The summed E-state index contributed by atoms with van der Waals surface area (Å²) in [6, 6.07) is 5.46. The lowest BCUT2D eigenvalue weighted by molar-refractivity contribution is 0.0698. The van der Waals surface area contributed by atoms with Crippen molar-refractivity contribution in [1.82, 2.24) is 24.8 Å². The summed E-state index contributed by atoms with van der Waals surface area (Å²) in [5.41, 5.74) is 2.92. The number of piperidine rings is 1. The van der Waals surface area contributed by atoms with E-state index in [1.807, 2.05) is 23.2 Å². The molecule has 0 N–H and O–H groups in total. The third kappa shape index (κ3) is 3.39. The van der Waals surface area contributed by atoms with Gasteiger partial charge in [-0.3, -0.25) is 9.78 Å². The lowest BCUT2D eigenvalue weighted by Gasteiger charge is -2.32. The van der Waals surface area contributed by atoms with E-state index in [2.05, 4.69) is 21.9 Å². The van der Waals surface area contributed by atoms with Gasteiger partial charge in [-0.05, 0) is 32.0 Å². The standard InChI is InChI=1S/C19H23N5O/c1-23-10-7-16-15(12-23)11-21-18(22-16)14-5-4-9-24(13-14)19(25)17-6-2-3-8-20-17/h2-3,6,8,11,14H,4-5,7,9-10,12-13H2,1H3/t14-/m0/s1. The van der Waals surface area contributed by atoms with E-state index < -0.39 is 0 Å². The second kappa shape index (κ2) is 6.88. The van der Waals surface area contributed by atoms with Crippen molar-refractivity contribution < 1.29 is 4.79 Å². The fourth-order valence-corrected chi connectivity index (χ4v) is 3.69. The van der Waals surface area contributed by atoms with Crippen molar-refractivity contribution in [2.24, 2.45) is 0 Å². The zero-order chi connectivity index (χ0) is 17.2. The molecule has 1 saturated heterocycles. The molecule has 4 heterocycles. The summed E-state index contributed by atoms with van der Waals surface area (Å²) >= 11 is 0. The Kier molecular flexibility index (Phi) is 4.44. The molecule has 0 aliphatic carbocycles. The van der Waals surface area contributed by atoms with E-state index in [0.717, 1.165) is 44.7 Å². The normalized spacial score (nSPS) is 21.0. The van der Waals surface area contributed by atoms with Gasteiger partial charge in [-0.1, -0.05) is 6.07 Å². The molecular formula is C19H23N5O. The average molecular weight is 337 g/mol. The van der Waals surface area contributed by atoms with Crippen molar-refractivity contribution >= 4 is 5.91 Å². The monoisotopic (exact) mass is 337 g/mol. The number of carbonyl (C=O) groups excluding carboxylic acids is 1. The Morgan fingerprint density at radius 1 is 1.24 bits per heavy atom. The van der Waals surface area contributed by atoms with E-state index in [1.165, 1.54) is 11.3 Å². The quantitative estimate of drug-likeness (QED) is 0.837. The molecule has 0 aromatic carbocycles. The first kappa shape index (κ1) is 16.1. The van der Waals surface area contributed by atoms with E-state index >= 15 is 0 Å². The Morgan fingerprint density at radius 2 is 2.16 bits per heavy atom. The summed E-state index contributed by atoms with van der Waals surface area (Å²) in [5.74, 6) is 1.11. The maximum absolute atomic E-state index is 12.7. The van der Waals surface area contributed by atoms with Crippen LogP contribution < -0.4 is 0 Å². The fraction of sp³-hybridized carbons (Fsp3) is 0.474. The number of aromatic nitrogens is 3. The number of fused-ring (bicyclic) bond motifs is 1. The van der Waals surface area contributed by atoms with Gasteiger partial charge in [0.15, 0.2) is 0 Å². The van der Waals surface area contributed by atoms with Crippen LogP contribution in [0.15, 0.2) is 30.6 Å². The van der Waals surface area contributed by atoms with Crippen LogP contribution >= 0.6 is 0 Å². The van der Waals surface area contributed by atoms with Crippen LogP contribution in [0.25, 0.3) is 0 Å². The molecule has 2 aromatic heterocycles. The van der Waals surface area contributed by atoms with Crippen molar-refractivity contribution in [3.63, 3.8) is 0 Å². The van der Waals surface area contributed by atoms with Crippen LogP contribution in [0, 0.1) is 0 Å². The van der Waals surface area contributed by atoms with E-state index in [9.17, 15) is 4.79 Å². The van der Waals surface area contributed by atoms with Gasteiger partial charge >= 0.3 is 0 Å². The van der Waals surface area contributed by atoms with Crippen molar-refractivity contribution in [3.8, 4) is 0 Å². The Labute approximate surface area is 147 Å². The van der Waals surface area contributed by atoms with Gasteiger partial charge in [0.05, 0.1) is 0 Å². The first-order valence-corrected chi connectivity index (χ1v) is 8.94. The number of nitrogens with zero attached hydrogens (tertiary/aromatic N) is 5. The molecular weight excluding hydrogens is 314 g/mol. The van der Waals surface area contributed by atoms with E-state index in [1.54, 1.807) is 12.3 Å². The molecule has 6 heteroatoms. The van der Waals surface area contributed by atoms with Gasteiger partial charge in [0, 0.05) is 62.2 Å². The summed E-state index contributed by atoms with van der Waals surface area (Å²) in [5, 5.41) is 0. The minimum Gasteiger partial charge on any atom is -0.337 e. The molecule has 2 aliphatic rings. The van der Waals surface area contributed by atoms with Crippen LogP contribution in [-0.2, 0) is 13.0 Å². The van der Waals surface area contributed by atoms with Crippen LogP contribution in [0.4, 0.5) is 0 Å². The average Bonchev–Trinajstić information content (AvgIpc) is 2.68. The van der Waals surface area contributed by atoms with Gasteiger partial charge < -0.3 is 9.80 Å². The molecule has 0 radical (unpaired) electrons. The highest BCUT2D eigenvalue weighted by Crippen LogP contribution is 2.26. The molecule has 2 aromatic rings. The second-order valence-electron chi connectivity index (χ2n) is 6.99. The molecule has 6 nitrogen and oxygen atoms in total. The van der Waals surface area contributed by atoms with Gasteiger partial charge in [-0.25, -0.2) is 9.97 Å². The smallest absolute Gasteiger partial charge is 0.272 e. The summed E-state index contributed by atoms with van der Waals surface area (Å²) in [7, 11) is 2.12. The lowest BCUT2D eigenvalue weighted by Crippen LogP contribution is -2.40. The number of likely N-dealkylation sites (tertiary alicyclic amines) is 1. The minimum absolute atomic E-state index is 0.00452. The van der Waals surface area contributed by atoms with Gasteiger partial charge in [0.25, 0.3) is 5.91 Å². The number of amides is 1. The Bertz CT molecular complexity index is 764. The van der Waals surface area contributed by atoms with Gasteiger partial charge in [0.2, 0.25) is 0 Å². The topological polar surface area (TPSA) is 62.2 Å². The summed E-state index contributed by atoms with van der Waals surface area (Å²) < 4.78 is 0. The van der Waals surface area contributed by atoms with Crippen molar-refractivity contribution in [1.29, 1.82) is 0 Å². The minimum atomic E-state index is 0.00452.